The summed E-state index contributed by atoms with van der Waals surface area (Å²) >= 11 is 3.37. The molecule has 4 amide bonds. The molecule has 2 aromatic rings. The number of anilines is 1. The van der Waals surface area contributed by atoms with Crippen LogP contribution in [0.2, 0.25) is 0 Å². The van der Waals surface area contributed by atoms with Crippen LogP contribution in [-0.4, -0.2) is 34.2 Å². The first-order valence-corrected chi connectivity index (χ1v) is 8.95. The Kier molecular flexibility index (Phi) is 5.14. The molecule has 0 aromatic heterocycles. The number of benzene rings is 2. The Hall–Kier alpha value is -3.27. The van der Waals surface area contributed by atoms with Crippen LogP contribution >= 0.6 is 15.9 Å². The Balaban J connectivity index is 1.76. The molecule has 2 N–H and O–H groups in total. The first-order chi connectivity index (χ1) is 13.2. The van der Waals surface area contributed by atoms with Crippen LogP contribution in [0.25, 0.3) is 0 Å². The molecule has 0 aliphatic carbocycles. The molecule has 28 heavy (non-hydrogen) atoms. The zero-order valence-corrected chi connectivity index (χ0v) is 16.2. The minimum absolute atomic E-state index is 0.186. The van der Waals surface area contributed by atoms with Crippen molar-refractivity contribution in [3.63, 3.8) is 0 Å². The number of urea groups is 1. The van der Waals surface area contributed by atoms with Crippen molar-refractivity contribution in [1.82, 2.24) is 10.2 Å². The lowest BCUT2D eigenvalue weighted by atomic mass is 9.92. The van der Waals surface area contributed by atoms with Gasteiger partial charge in [0.25, 0.3) is 11.6 Å². The molecule has 1 fully saturated rings. The standard InChI is InChI=1S/C18H15BrN4O5/c1-18(13-7-2-3-8-14(13)19)16(25)22(17(26)21-18)10-15(24)20-11-5-4-6-12(9-11)23(27)28/h2-9H,10H2,1H3,(H,20,24)(H,21,26)/t18-/m0/s1. The van der Waals surface area contributed by atoms with E-state index in [-0.39, 0.29) is 11.4 Å². The van der Waals surface area contributed by atoms with E-state index < -0.39 is 34.9 Å². The Morgan fingerprint density at radius 2 is 1.96 bits per heavy atom. The fraction of sp³-hybridized carbons (Fsp3) is 0.167. The maximum atomic E-state index is 12.9. The number of nitrogens with zero attached hydrogens (tertiary/aromatic N) is 2. The van der Waals surface area contributed by atoms with Gasteiger partial charge >= 0.3 is 6.03 Å². The fourth-order valence-corrected chi connectivity index (χ4v) is 3.61. The van der Waals surface area contributed by atoms with Crippen molar-refractivity contribution in [1.29, 1.82) is 0 Å². The highest BCUT2D eigenvalue weighted by Crippen LogP contribution is 2.33. The SMILES string of the molecule is C[C@@]1(c2ccccc2Br)NC(=O)N(CC(=O)Nc2cccc([N+](=O)[O-])c2)C1=O. The van der Waals surface area contributed by atoms with Crippen LogP contribution in [0.5, 0.6) is 0 Å². The molecule has 0 radical (unpaired) electrons. The smallest absolute Gasteiger partial charge is 0.324 e. The predicted octanol–water partition coefficient (Wildman–Crippen LogP) is 2.76. The van der Waals surface area contributed by atoms with Gasteiger partial charge in [-0.05, 0) is 19.1 Å². The number of rotatable bonds is 5. The van der Waals surface area contributed by atoms with Crippen LogP contribution < -0.4 is 10.6 Å². The van der Waals surface area contributed by atoms with Gasteiger partial charge in [0.05, 0.1) is 4.92 Å². The number of hydrogen-bond donors (Lipinski definition) is 2. The summed E-state index contributed by atoms with van der Waals surface area (Å²) in [6.45, 7) is 1.04. The lowest BCUT2D eigenvalue weighted by Gasteiger charge is -2.23. The predicted molar refractivity (Wildman–Crippen MR) is 103 cm³/mol. The lowest BCUT2D eigenvalue weighted by molar-refractivity contribution is -0.384. The second kappa shape index (κ2) is 7.39. The van der Waals surface area contributed by atoms with Crippen molar-refractivity contribution in [2.75, 3.05) is 11.9 Å². The van der Waals surface area contributed by atoms with Crippen LogP contribution in [0.1, 0.15) is 12.5 Å². The quantitative estimate of drug-likeness (QED) is 0.415. The molecule has 1 aliphatic rings. The molecule has 0 unspecified atom stereocenters. The summed E-state index contributed by atoms with van der Waals surface area (Å²) in [6.07, 6.45) is 0. The summed E-state index contributed by atoms with van der Waals surface area (Å²) in [5.74, 6) is -1.22. The molecule has 0 spiro atoms. The normalized spacial score (nSPS) is 18.7. The third kappa shape index (κ3) is 3.58. The zero-order chi connectivity index (χ0) is 20.5. The molecule has 10 heteroatoms. The molecule has 3 rings (SSSR count). The number of hydrogen-bond acceptors (Lipinski definition) is 5. The highest BCUT2D eigenvalue weighted by atomic mass is 79.9. The number of non-ortho nitro benzene ring substituents is 1. The van der Waals surface area contributed by atoms with Gasteiger partial charge in [0, 0.05) is 27.9 Å². The van der Waals surface area contributed by atoms with E-state index in [2.05, 4.69) is 26.6 Å². The van der Waals surface area contributed by atoms with Gasteiger partial charge in [-0.1, -0.05) is 40.2 Å². The first kappa shape index (κ1) is 19.5. The van der Waals surface area contributed by atoms with Crippen molar-refractivity contribution >= 4 is 45.2 Å². The van der Waals surface area contributed by atoms with Gasteiger partial charge < -0.3 is 10.6 Å². The molecular formula is C18H15BrN4O5. The largest absolute Gasteiger partial charge is 0.325 e. The van der Waals surface area contributed by atoms with E-state index >= 15 is 0 Å². The Morgan fingerprint density at radius 1 is 1.25 bits per heavy atom. The van der Waals surface area contributed by atoms with Crippen LogP contribution in [0.3, 0.4) is 0 Å². The van der Waals surface area contributed by atoms with Crippen LogP contribution in [0.15, 0.2) is 53.0 Å². The minimum Gasteiger partial charge on any atom is -0.324 e. The monoisotopic (exact) mass is 446 g/mol. The Morgan fingerprint density at radius 3 is 2.64 bits per heavy atom. The van der Waals surface area contributed by atoms with E-state index in [1.54, 1.807) is 31.2 Å². The van der Waals surface area contributed by atoms with E-state index in [1.165, 1.54) is 24.3 Å². The first-order valence-electron chi connectivity index (χ1n) is 8.16. The highest BCUT2D eigenvalue weighted by Gasteiger charge is 2.50. The van der Waals surface area contributed by atoms with E-state index in [0.29, 0.717) is 10.0 Å². The minimum atomic E-state index is -1.32. The summed E-state index contributed by atoms with van der Waals surface area (Å²) in [5.41, 5.74) is -0.743. The molecule has 2 aromatic carbocycles. The topological polar surface area (TPSA) is 122 Å². The lowest BCUT2D eigenvalue weighted by Crippen LogP contribution is -2.42. The highest BCUT2D eigenvalue weighted by molar-refractivity contribution is 9.10. The maximum absolute atomic E-state index is 12.9. The van der Waals surface area contributed by atoms with Gasteiger partial charge in [-0.25, -0.2) is 4.79 Å². The van der Waals surface area contributed by atoms with E-state index in [9.17, 15) is 24.5 Å². The number of carbonyl (C=O) groups is 3. The molecule has 0 bridgehead atoms. The third-order valence-electron chi connectivity index (χ3n) is 4.33. The average Bonchev–Trinajstić information content (AvgIpc) is 2.86. The third-order valence-corrected chi connectivity index (χ3v) is 5.02. The number of imide groups is 1. The summed E-state index contributed by atoms with van der Waals surface area (Å²) in [6, 6.07) is 11.6. The average molecular weight is 447 g/mol. The fourth-order valence-electron chi connectivity index (χ4n) is 2.93. The number of halogens is 1. The molecule has 1 atom stereocenters. The summed E-state index contributed by atoms with van der Waals surface area (Å²) in [7, 11) is 0. The van der Waals surface area contributed by atoms with E-state index in [1.807, 2.05) is 0 Å². The molecule has 0 saturated carbocycles. The van der Waals surface area contributed by atoms with Crippen molar-refractivity contribution in [2.45, 2.75) is 12.5 Å². The van der Waals surface area contributed by atoms with Gasteiger partial charge in [0.2, 0.25) is 5.91 Å². The number of amides is 4. The Labute approximate surface area is 168 Å². The molecular weight excluding hydrogens is 432 g/mol. The molecule has 9 nitrogen and oxygen atoms in total. The van der Waals surface area contributed by atoms with Gasteiger partial charge in [0.15, 0.2) is 0 Å². The number of nitro benzene ring substituents is 1. The van der Waals surface area contributed by atoms with Crippen LogP contribution in [0.4, 0.5) is 16.2 Å². The maximum Gasteiger partial charge on any atom is 0.325 e. The van der Waals surface area contributed by atoms with Crippen molar-refractivity contribution in [3.8, 4) is 0 Å². The number of nitro groups is 1. The number of carbonyl (C=O) groups excluding carboxylic acids is 3. The molecule has 144 valence electrons. The Bertz CT molecular complexity index is 995. The van der Waals surface area contributed by atoms with Crippen LogP contribution in [0, 0.1) is 10.1 Å². The second-order valence-corrected chi connectivity index (χ2v) is 7.14. The molecule has 1 heterocycles. The van der Waals surface area contributed by atoms with Crippen molar-refractivity contribution in [2.24, 2.45) is 0 Å². The summed E-state index contributed by atoms with van der Waals surface area (Å²) in [4.78, 5) is 48.5. The van der Waals surface area contributed by atoms with Gasteiger partial charge in [-0.3, -0.25) is 24.6 Å². The molecule has 1 aliphatic heterocycles. The second-order valence-electron chi connectivity index (χ2n) is 6.28. The van der Waals surface area contributed by atoms with Gasteiger partial charge in [0.1, 0.15) is 12.1 Å². The van der Waals surface area contributed by atoms with Gasteiger partial charge in [-0.2, -0.15) is 0 Å². The van der Waals surface area contributed by atoms with Crippen molar-refractivity contribution in [3.05, 3.63) is 68.7 Å². The van der Waals surface area contributed by atoms with Gasteiger partial charge in [-0.15, -0.1) is 0 Å². The summed E-state index contributed by atoms with van der Waals surface area (Å²) in [5, 5.41) is 15.9. The number of nitrogens with one attached hydrogen (secondary N) is 2. The van der Waals surface area contributed by atoms with E-state index in [0.717, 1.165) is 4.90 Å². The van der Waals surface area contributed by atoms with Crippen molar-refractivity contribution < 1.29 is 19.3 Å². The molecule has 1 saturated heterocycles. The summed E-state index contributed by atoms with van der Waals surface area (Å²) < 4.78 is 0.647. The zero-order valence-electron chi connectivity index (χ0n) is 14.6. The van der Waals surface area contributed by atoms with E-state index in [4.69, 9.17) is 0 Å². The van der Waals surface area contributed by atoms with Crippen LogP contribution in [-0.2, 0) is 15.1 Å².